The van der Waals surface area contributed by atoms with Gasteiger partial charge in [-0.2, -0.15) is 0 Å². The maximum atomic E-state index is 10.3. The van der Waals surface area contributed by atoms with E-state index in [4.69, 9.17) is 5.11 Å². The Balaban J connectivity index is -0.00000180. The van der Waals surface area contributed by atoms with Gasteiger partial charge in [-0.15, -0.1) is 0 Å². The van der Waals surface area contributed by atoms with Crippen LogP contribution in [0.1, 0.15) is 96.8 Å². The number of hydrogen-bond donors (Lipinski definition) is 1. The smallest absolute Gasteiger partial charge is 2.00 e. The number of unbranched alkanes of at least 4 members (excludes halogenated alkanes) is 11. The molecule has 0 aliphatic heterocycles. The molecule has 0 aliphatic rings. The molecule has 0 bridgehead atoms. The summed E-state index contributed by atoms with van der Waals surface area (Å²) in [5, 5.41) is 8.51. The van der Waals surface area contributed by atoms with E-state index in [-0.39, 0.29) is 22.5 Å². The average molecular weight is 354 g/mol. The molecule has 0 saturated heterocycles. The quantitative estimate of drug-likeness (QED) is 0.223. The van der Waals surface area contributed by atoms with Gasteiger partial charge in [0, 0.05) is 6.42 Å². The molecule has 0 spiro atoms. The number of carboxylic acid groups (broad SMARTS) is 1. The fourth-order valence-corrected chi connectivity index (χ4v) is 2.35. The van der Waals surface area contributed by atoms with Crippen LogP contribution in [0.4, 0.5) is 0 Å². The molecule has 0 aromatic carbocycles. The summed E-state index contributed by atoms with van der Waals surface area (Å²) in [6, 6.07) is 0. The molecule has 0 aromatic heterocycles. The van der Waals surface area contributed by atoms with Crippen molar-refractivity contribution in [1.82, 2.24) is 0 Å². The summed E-state index contributed by atoms with van der Waals surface area (Å²) < 4.78 is 0. The summed E-state index contributed by atoms with van der Waals surface area (Å²) >= 11 is 0. The fraction of sp³-hybridized carbons (Fsp3) is 0.833. The van der Waals surface area contributed by atoms with Gasteiger partial charge < -0.3 is 10.6 Å². The standard InChI is InChI=1S/C18H34O2.Fe.O/c1-2-3-4-5-6-7-8-9-10-11-12-13-14-15-16-17-18(19)20;;/h9-10H,2-8,11-17H2,1H3,(H,19,20);;/q;+2;-2/b10-9-;;. The largest absolute Gasteiger partial charge is 2.00 e. The third-order valence-corrected chi connectivity index (χ3v) is 3.65. The summed E-state index contributed by atoms with van der Waals surface area (Å²) in [7, 11) is 0. The summed E-state index contributed by atoms with van der Waals surface area (Å²) in [6.45, 7) is 2.26. The van der Waals surface area contributed by atoms with Crippen molar-refractivity contribution in [3.8, 4) is 0 Å². The van der Waals surface area contributed by atoms with E-state index in [2.05, 4.69) is 19.1 Å². The van der Waals surface area contributed by atoms with E-state index in [0.717, 1.165) is 12.8 Å². The minimum Gasteiger partial charge on any atom is -2.00 e. The Hall–Kier alpha value is -0.311. The Bertz CT molecular complexity index is 242. The predicted octanol–water partition coefficient (Wildman–Crippen LogP) is 5.99. The van der Waals surface area contributed by atoms with E-state index in [9.17, 15) is 4.79 Å². The van der Waals surface area contributed by atoms with Gasteiger partial charge in [0.1, 0.15) is 0 Å². The van der Waals surface area contributed by atoms with E-state index in [0.29, 0.717) is 6.42 Å². The van der Waals surface area contributed by atoms with Crippen molar-refractivity contribution < 1.29 is 32.4 Å². The molecule has 3 nitrogen and oxygen atoms in total. The van der Waals surface area contributed by atoms with E-state index >= 15 is 0 Å². The first-order chi connectivity index (χ1) is 9.77. The average Bonchev–Trinajstić information content (AvgIpc) is 2.43. The zero-order valence-corrected chi connectivity index (χ0v) is 15.3. The molecule has 0 atom stereocenters. The van der Waals surface area contributed by atoms with Crippen LogP contribution in [0.5, 0.6) is 0 Å². The van der Waals surface area contributed by atoms with Crippen LogP contribution in [0.3, 0.4) is 0 Å². The first-order valence-electron chi connectivity index (χ1n) is 8.64. The first kappa shape index (κ1) is 26.6. The van der Waals surface area contributed by atoms with Crippen molar-refractivity contribution in [2.75, 3.05) is 0 Å². The molecule has 0 radical (unpaired) electrons. The second-order valence-electron chi connectivity index (χ2n) is 5.73. The van der Waals surface area contributed by atoms with Gasteiger partial charge >= 0.3 is 23.0 Å². The van der Waals surface area contributed by atoms with Gasteiger partial charge in [0.15, 0.2) is 0 Å². The van der Waals surface area contributed by atoms with Gasteiger partial charge in [-0.1, -0.05) is 70.4 Å². The van der Waals surface area contributed by atoms with E-state index in [1.165, 1.54) is 70.6 Å². The third-order valence-electron chi connectivity index (χ3n) is 3.65. The first-order valence-corrected chi connectivity index (χ1v) is 8.64. The molecule has 22 heavy (non-hydrogen) atoms. The monoisotopic (exact) mass is 354 g/mol. The summed E-state index contributed by atoms with van der Waals surface area (Å²) in [4.78, 5) is 10.3. The van der Waals surface area contributed by atoms with E-state index in [1.807, 2.05) is 0 Å². The Morgan fingerprint density at radius 3 is 1.64 bits per heavy atom. The van der Waals surface area contributed by atoms with Crippen LogP contribution >= 0.6 is 0 Å². The second kappa shape index (κ2) is 23.0. The molecular weight excluding hydrogens is 320 g/mol. The Labute approximate surface area is 147 Å². The molecule has 4 heteroatoms. The number of carbonyl (C=O) groups is 1. The van der Waals surface area contributed by atoms with Crippen molar-refractivity contribution >= 4 is 5.97 Å². The SMILES string of the molecule is CCCCCCCC/C=C\CCCCCCCC(=O)O.[Fe+2].[O-2]. The molecule has 0 aliphatic carbocycles. The number of rotatable bonds is 15. The van der Waals surface area contributed by atoms with Crippen molar-refractivity contribution in [2.24, 2.45) is 0 Å². The molecule has 0 saturated carbocycles. The zero-order valence-electron chi connectivity index (χ0n) is 14.2. The van der Waals surface area contributed by atoms with Crippen LogP contribution in [0, 0.1) is 0 Å². The number of hydrogen-bond acceptors (Lipinski definition) is 1. The number of allylic oxidation sites excluding steroid dienone is 2. The summed E-state index contributed by atoms with van der Waals surface area (Å²) in [5.41, 5.74) is 0. The topological polar surface area (TPSA) is 65.8 Å². The molecule has 0 amide bonds. The van der Waals surface area contributed by atoms with Crippen LogP contribution in [0.15, 0.2) is 12.2 Å². The van der Waals surface area contributed by atoms with Crippen molar-refractivity contribution in [1.29, 1.82) is 0 Å². The molecule has 0 heterocycles. The number of carboxylic acids is 1. The molecule has 0 rings (SSSR count). The van der Waals surface area contributed by atoms with Gasteiger partial charge in [0.05, 0.1) is 0 Å². The Morgan fingerprint density at radius 1 is 0.773 bits per heavy atom. The molecule has 0 aromatic rings. The minimum atomic E-state index is -0.664. The predicted molar refractivity (Wildman–Crippen MR) is 87.8 cm³/mol. The molecule has 1 N–H and O–H groups in total. The maximum absolute atomic E-state index is 10.3. The molecule has 0 unspecified atom stereocenters. The normalized spacial score (nSPS) is 10.2. The van der Waals surface area contributed by atoms with Crippen molar-refractivity contribution in [3.63, 3.8) is 0 Å². The summed E-state index contributed by atoms with van der Waals surface area (Å²) in [5.74, 6) is -0.664. The van der Waals surface area contributed by atoms with Gasteiger partial charge in [-0.3, -0.25) is 4.79 Å². The van der Waals surface area contributed by atoms with Crippen molar-refractivity contribution in [2.45, 2.75) is 96.8 Å². The van der Waals surface area contributed by atoms with Gasteiger partial charge in [-0.25, -0.2) is 0 Å². The van der Waals surface area contributed by atoms with E-state index in [1.54, 1.807) is 0 Å². The minimum absolute atomic E-state index is 0. The zero-order chi connectivity index (χ0) is 14.9. The fourth-order valence-electron chi connectivity index (χ4n) is 2.35. The van der Waals surface area contributed by atoms with Crippen LogP contribution in [-0.4, -0.2) is 11.1 Å². The molecular formula is C18H34FeO3. The van der Waals surface area contributed by atoms with Crippen LogP contribution in [0.2, 0.25) is 0 Å². The van der Waals surface area contributed by atoms with Gasteiger partial charge in [0.25, 0.3) is 0 Å². The van der Waals surface area contributed by atoms with Crippen LogP contribution in [-0.2, 0) is 27.3 Å². The molecule has 132 valence electrons. The van der Waals surface area contributed by atoms with Crippen LogP contribution < -0.4 is 0 Å². The molecule has 0 fully saturated rings. The third kappa shape index (κ3) is 24.7. The van der Waals surface area contributed by atoms with E-state index < -0.39 is 5.97 Å². The van der Waals surface area contributed by atoms with Crippen molar-refractivity contribution in [3.05, 3.63) is 12.2 Å². The maximum Gasteiger partial charge on any atom is 2.00 e. The summed E-state index contributed by atoms with van der Waals surface area (Å²) in [6.07, 6.45) is 21.2. The Morgan fingerprint density at radius 2 is 1.18 bits per heavy atom. The second-order valence-corrected chi connectivity index (χ2v) is 5.73. The van der Waals surface area contributed by atoms with Gasteiger partial charge in [0.2, 0.25) is 0 Å². The Kier molecular flexibility index (Phi) is 27.7. The van der Waals surface area contributed by atoms with Crippen LogP contribution in [0.25, 0.3) is 0 Å². The van der Waals surface area contributed by atoms with Gasteiger partial charge in [-0.05, 0) is 32.1 Å². The number of aliphatic carboxylic acids is 1.